The van der Waals surface area contributed by atoms with Gasteiger partial charge in [0, 0.05) is 12.4 Å². The Morgan fingerprint density at radius 1 is 1.12 bits per heavy atom. The summed E-state index contributed by atoms with van der Waals surface area (Å²) in [6.07, 6.45) is 8.41. The van der Waals surface area contributed by atoms with Crippen LogP contribution in [0.25, 0.3) is 11.1 Å². The van der Waals surface area contributed by atoms with Crippen LogP contribution in [0.5, 0.6) is 5.75 Å². The van der Waals surface area contributed by atoms with Crippen LogP contribution in [0.2, 0.25) is 0 Å². The molecule has 0 saturated heterocycles. The van der Waals surface area contributed by atoms with E-state index in [0.717, 1.165) is 29.8 Å². The summed E-state index contributed by atoms with van der Waals surface area (Å²) < 4.78 is 7.87. The summed E-state index contributed by atoms with van der Waals surface area (Å²) in [5, 5.41) is 10.1. The summed E-state index contributed by atoms with van der Waals surface area (Å²) >= 11 is 0. The van der Waals surface area contributed by atoms with Gasteiger partial charge in [-0.1, -0.05) is 36.4 Å². The lowest BCUT2D eigenvalue weighted by Gasteiger charge is -2.11. The van der Waals surface area contributed by atoms with Gasteiger partial charge in [0.05, 0.1) is 19.0 Å². The minimum absolute atomic E-state index is 0.187. The molecule has 4 heteroatoms. The Morgan fingerprint density at radius 3 is 2.69 bits per heavy atom. The first-order chi connectivity index (χ1) is 12.8. The predicted octanol–water partition coefficient (Wildman–Crippen LogP) is 3.94. The normalized spacial score (nSPS) is 15.0. The fourth-order valence-electron chi connectivity index (χ4n) is 3.18. The van der Waals surface area contributed by atoms with Crippen molar-refractivity contribution in [3.05, 3.63) is 72.8 Å². The molecule has 26 heavy (non-hydrogen) atoms. The van der Waals surface area contributed by atoms with Gasteiger partial charge in [0.25, 0.3) is 0 Å². The zero-order chi connectivity index (χ0) is 17.8. The first-order valence-electron chi connectivity index (χ1n) is 9.24. The minimum atomic E-state index is -0.187. The second-order valence-corrected chi connectivity index (χ2v) is 6.98. The number of ether oxygens (including phenoxy) is 1. The maximum atomic E-state index is 10.1. The maximum Gasteiger partial charge on any atom is 0.120 e. The SMILES string of the molecule is OC(Cc1ccc(-c2cccc(OCCn3ccnc3)c2)cc1)C1CC1. The molecule has 0 radical (unpaired) electrons. The van der Waals surface area contributed by atoms with Crippen LogP contribution in [0.15, 0.2) is 67.3 Å². The summed E-state index contributed by atoms with van der Waals surface area (Å²) in [6, 6.07) is 16.7. The smallest absolute Gasteiger partial charge is 0.120 e. The van der Waals surface area contributed by atoms with Crippen molar-refractivity contribution >= 4 is 0 Å². The average molecular weight is 348 g/mol. The molecule has 4 rings (SSSR count). The first-order valence-corrected chi connectivity index (χ1v) is 9.24. The van der Waals surface area contributed by atoms with Crippen molar-refractivity contribution in [3.63, 3.8) is 0 Å². The van der Waals surface area contributed by atoms with Crippen molar-refractivity contribution in [2.45, 2.75) is 31.9 Å². The van der Waals surface area contributed by atoms with Crippen LogP contribution in [0.1, 0.15) is 18.4 Å². The Bertz CT molecular complexity index is 824. The van der Waals surface area contributed by atoms with Crippen LogP contribution in [0, 0.1) is 5.92 Å². The highest BCUT2D eigenvalue weighted by atomic mass is 16.5. The average Bonchev–Trinajstić information content (AvgIpc) is 3.40. The van der Waals surface area contributed by atoms with Crippen molar-refractivity contribution in [1.29, 1.82) is 0 Å². The van der Waals surface area contributed by atoms with Gasteiger partial charge in [0.15, 0.2) is 0 Å². The Hall–Kier alpha value is -2.59. The molecule has 1 aromatic heterocycles. The molecular weight excluding hydrogens is 324 g/mol. The van der Waals surface area contributed by atoms with E-state index < -0.39 is 0 Å². The van der Waals surface area contributed by atoms with E-state index >= 15 is 0 Å². The minimum Gasteiger partial charge on any atom is -0.492 e. The molecule has 0 amide bonds. The molecule has 1 heterocycles. The van der Waals surface area contributed by atoms with Gasteiger partial charge in [-0.15, -0.1) is 0 Å². The number of hydrogen-bond donors (Lipinski definition) is 1. The van der Waals surface area contributed by atoms with Gasteiger partial charge in [0.1, 0.15) is 12.4 Å². The Kier molecular flexibility index (Phi) is 5.02. The summed E-state index contributed by atoms with van der Waals surface area (Å²) in [4.78, 5) is 4.03. The van der Waals surface area contributed by atoms with E-state index in [1.54, 1.807) is 12.5 Å². The van der Waals surface area contributed by atoms with Crippen LogP contribution >= 0.6 is 0 Å². The van der Waals surface area contributed by atoms with Crippen molar-refractivity contribution in [2.24, 2.45) is 5.92 Å². The molecule has 1 unspecified atom stereocenters. The number of hydrogen-bond acceptors (Lipinski definition) is 3. The summed E-state index contributed by atoms with van der Waals surface area (Å²) in [5.41, 5.74) is 3.50. The maximum absolute atomic E-state index is 10.1. The van der Waals surface area contributed by atoms with Crippen molar-refractivity contribution < 1.29 is 9.84 Å². The van der Waals surface area contributed by atoms with Gasteiger partial charge >= 0.3 is 0 Å². The fraction of sp³-hybridized carbons (Fsp3) is 0.318. The highest BCUT2D eigenvalue weighted by molar-refractivity contribution is 5.65. The topological polar surface area (TPSA) is 47.3 Å². The second kappa shape index (κ2) is 7.75. The van der Waals surface area contributed by atoms with Gasteiger partial charge in [-0.2, -0.15) is 0 Å². The predicted molar refractivity (Wildman–Crippen MR) is 102 cm³/mol. The summed E-state index contributed by atoms with van der Waals surface area (Å²) in [7, 11) is 0. The molecule has 1 N–H and O–H groups in total. The van der Waals surface area contributed by atoms with E-state index in [9.17, 15) is 5.11 Å². The van der Waals surface area contributed by atoms with Gasteiger partial charge < -0.3 is 14.4 Å². The molecule has 4 nitrogen and oxygen atoms in total. The molecule has 0 bridgehead atoms. The van der Waals surface area contributed by atoms with E-state index in [1.165, 1.54) is 18.4 Å². The van der Waals surface area contributed by atoms with E-state index in [4.69, 9.17) is 4.74 Å². The molecule has 0 spiro atoms. The lowest BCUT2D eigenvalue weighted by Crippen LogP contribution is -2.12. The number of rotatable bonds is 8. The molecule has 0 aliphatic heterocycles. The zero-order valence-electron chi connectivity index (χ0n) is 14.8. The molecule has 1 saturated carbocycles. The highest BCUT2D eigenvalue weighted by Crippen LogP contribution is 2.34. The molecule has 1 aliphatic rings. The van der Waals surface area contributed by atoms with Crippen LogP contribution in [0.3, 0.4) is 0 Å². The van der Waals surface area contributed by atoms with Crippen LogP contribution in [-0.2, 0) is 13.0 Å². The van der Waals surface area contributed by atoms with E-state index in [1.807, 2.05) is 22.9 Å². The van der Waals surface area contributed by atoms with E-state index in [2.05, 4.69) is 41.4 Å². The number of benzene rings is 2. The molecule has 1 atom stereocenters. The molecule has 134 valence electrons. The van der Waals surface area contributed by atoms with E-state index in [0.29, 0.717) is 12.5 Å². The molecule has 3 aromatic rings. The van der Waals surface area contributed by atoms with Gasteiger partial charge in [0.2, 0.25) is 0 Å². The van der Waals surface area contributed by atoms with Gasteiger partial charge in [-0.25, -0.2) is 4.98 Å². The lowest BCUT2D eigenvalue weighted by atomic mass is 10.00. The third kappa shape index (κ3) is 4.33. The van der Waals surface area contributed by atoms with Crippen molar-refractivity contribution in [2.75, 3.05) is 6.61 Å². The molecule has 2 aromatic carbocycles. The molecule has 1 aliphatic carbocycles. The van der Waals surface area contributed by atoms with E-state index in [-0.39, 0.29) is 6.10 Å². The summed E-state index contributed by atoms with van der Waals surface area (Å²) in [5.74, 6) is 1.39. The zero-order valence-corrected chi connectivity index (χ0v) is 14.8. The molecule has 1 fully saturated rings. The third-order valence-corrected chi connectivity index (χ3v) is 4.91. The summed E-state index contributed by atoms with van der Waals surface area (Å²) in [6.45, 7) is 1.39. The van der Waals surface area contributed by atoms with Crippen LogP contribution in [0.4, 0.5) is 0 Å². The van der Waals surface area contributed by atoms with Gasteiger partial charge in [-0.05, 0) is 54.0 Å². The van der Waals surface area contributed by atoms with Gasteiger partial charge in [-0.3, -0.25) is 0 Å². The highest BCUT2D eigenvalue weighted by Gasteiger charge is 2.29. The van der Waals surface area contributed by atoms with Crippen molar-refractivity contribution in [1.82, 2.24) is 9.55 Å². The largest absolute Gasteiger partial charge is 0.492 e. The number of aliphatic hydroxyl groups excluding tert-OH is 1. The Balaban J connectivity index is 1.37. The Labute approximate surface area is 154 Å². The number of aliphatic hydroxyl groups is 1. The van der Waals surface area contributed by atoms with Crippen LogP contribution in [-0.4, -0.2) is 27.4 Å². The number of nitrogens with zero attached hydrogens (tertiary/aromatic N) is 2. The first kappa shape index (κ1) is 16.9. The number of aromatic nitrogens is 2. The standard InChI is InChI=1S/C22H24N2O2/c25-22(19-8-9-19)14-17-4-6-18(7-5-17)20-2-1-3-21(15-20)26-13-12-24-11-10-23-16-24/h1-7,10-11,15-16,19,22,25H,8-9,12-14H2. The quantitative estimate of drug-likeness (QED) is 0.671. The lowest BCUT2D eigenvalue weighted by molar-refractivity contribution is 0.151. The third-order valence-electron chi connectivity index (χ3n) is 4.91. The van der Waals surface area contributed by atoms with Crippen LogP contribution < -0.4 is 4.74 Å². The van der Waals surface area contributed by atoms with Crippen molar-refractivity contribution in [3.8, 4) is 16.9 Å². The fourth-order valence-corrected chi connectivity index (χ4v) is 3.18. The Morgan fingerprint density at radius 2 is 1.96 bits per heavy atom. The molecular formula is C22H24N2O2. The second-order valence-electron chi connectivity index (χ2n) is 6.98. The number of imidazole rings is 1. The monoisotopic (exact) mass is 348 g/mol.